The molecule has 2 aromatic rings. The van der Waals surface area contributed by atoms with Crippen LogP contribution in [0, 0.1) is 0 Å². The summed E-state index contributed by atoms with van der Waals surface area (Å²) in [5.41, 5.74) is 3.14. The van der Waals surface area contributed by atoms with Crippen LogP contribution in [0.1, 0.15) is 48.3 Å². The molecule has 1 aromatic carbocycles. The number of hydrogen-bond donors (Lipinski definition) is 1. The Morgan fingerprint density at radius 1 is 1.16 bits per heavy atom. The number of fused-ring (bicyclic) bond motifs is 1. The van der Waals surface area contributed by atoms with E-state index in [1.54, 1.807) is 14.0 Å². The van der Waals surface area contributed by atoms with Gasteiger partial charge in [0.25, 0.3) is 0 Å². The summed E-state index contributed by atoms with van der Waals surface area (Å²) in [7, 11) is 3.50. The lowest BCUT2D eigenvalue weighted by Crippen LogP contribution is -2.37. The molecule has 1 fully saturated rings. The first-order chi connectivity index (χ1) is 15.5. The van der Waals surface area contributed by atoms with Crippen LogP contribution in [0.3, 0.4) is 0 Å². The van der Waals surface area contributed by atoms with Crippen molar-refractivity contribution in [1.29, 1.82) is 0 Å². The number of hydrogen-bond acceptors (Lipinski definition) is 6. The summed E-state index contributed by atoms with van der Waals surface area (Å²) in [6, 6.07) is 7.85. The number of methoxy groups -OCH3 is 1. The summed E-state index contributed by atoms with van der Waals surface area (Å²) in [5.74, 6) is 2.82. The lowest BCUT2D eigenvalue weighted by molar-refractivity contribution is -0.132. The third kappa shape index (κ3) is 4.69. The molecule has 8 nitrogen and oxygen atoms in total. The lowest BCUT2D eigenvalue weighted by atomic mass is 10.0. The molecule has 32 heavy (non-hydrogen) atoms. The summed E-state index contributed by atoms with van der Waals surface area (Å²) in [4.78, 5) is 38.0. The van der Waals surface area contributed by atoms with E-state index >= 15 is 0 Å². The van der Waals surface area contributed by atoms with Crippen molar-refractivity contribution in [3.63, 3.8) is 0 Å². The van der Waals surface area contributed by atoms with Gasteiger partial charge in [-0.3, -0.25) is 9.59 Å². The number of nitrogens with one attached hydrogen (secondary N) is 1. The first-order valence-electron chi connectivity index (χ1n) is 11.2. The first-order valence-corrected chi connectivity index (χ1v) is 11.2. The van der Waals surface area contributed by atoms with Gasteiger partial charge in [0.1, 0.15) is 17.4 Å². The van der Waals surface area contributed by atoms with E-state index in [1.807, 2.05) is 41.1 Å². The number of amides is 2. The Labute approximate surface area is 189 Å². The summed E-state index contributed by atoms with van der Waals surface area (Å²) in [5, 5.41) is 3.20. The minimum Gasteiger partial charge on any atom is -0.497 e. The normalized spacial score (nSPS) is 17.8. The van der Waals surface area contributed by atoms with Crippen molar-refractivity contribution in [2.75, 3.05) is 39.1 Å². The molecule has 2 aliphatic rings. The third-order valence-electron chi connectivity index (χ3n) is 6.45. The second kappa shape index (κ2) is 9.54. The molecular formula is C24H31N5O3. The van der Waals surface area contributed by atoms with E-state index < -0.39 is 0 Å². The van der Waals surface area contributed by atoms with Crippen LogP contribution < -0.4 is 10.1 Å². The van der Waals surface area contributed by atoms with Crippen molar-refractivity contribution in [3.8, 4) is 5.75 Å². The quantitative estimate of drug-likeness (QED) is 0.747. The van der Waals surface area contributed by atoms with Crippen LogP contribution in [0.4, 0.5) is 5.82 Å². The fourth-order valence-electron chi connectivity index (χ4n) is 4.49. The third-order valence-corrected chi connectivity index (χ3v) is 6.45. The number of rotatable bonds is 6. The van der Waals surface area contributed by atoms with Gasteiger partial charge in [-0.15, -0.1) is 0 Å². The minimum atomic E-state index is 0.100. The van der Waals surface area contributed by atoms with Gasteiger partial charge in [-0.1, -0.05) is 12.1 Å². The number of nitrogens with zero attached hydrogens (tertiary/aromatic N) is 4. The lowest BCUT2D eigenvalue weighted by Gasteiger charge is -2.30. The number of carbonyl (C=O) groups excluding carboxylic acids is 2. The molecule has 8 heteroatoms. The molecule has 0 saturated carbocycles. The van der Waals surface area contributed by atoms with Crippen LogP contribution in [0.2, 0.25) is 0 Å². The van der Waals surface area contributed by atoms with E-state index in [0.717, 1.165) is 53.6 Å². The van der Waals surface area contributed by atoms with Gasteiger partial charge >= 0.3 is 0 Å². The van der Waals surface area contributed by atoms with Crippen molar-refractivity contribution in [3.05, 3.63) is 46.9 Å². The first kappa shape index (κ1) is 22.0. The number of aryl methyl sites for hydroxylation is 1. The van der Waals surface area contributed by atoms with E-state index in [2.05, 4.69) is 5.32 Å². The highest BCUT2D eigenvalue weighted by atomic mass is 16.5. The molecule has 3 heterocycles. The predicted molar refractivity (Wildman–Crippen MR) is 122 cm³/mol. The Hall–Kier alpha value is -3.16. The Morgan fingerprint density at radius 2 is 1.94 bits per heavy atom. The van der Waals surface area contributed by atoms with Crippen LogP contribution in [-0.2, 0) is 29.0 Å². The van der Waals surface area contributed by atoms with Crippen molar-refractivity contribution < 1.29 is 14.3 Å². The number of likely N-dealkylation sites (tertiary alicyclic amines) is 1. The second-order valence-corrected chi connectivity index (χ2v) is 8.47. The van der Waals surface area contributed by atoms with Gasteiger partial charge in [0, 0.05) is 57.9 Å². The standard InChI is InChI=1S/C24H31N5O3/c1-16(30)28-12-10-18(14-28)23-26-21-11-13-29(15-20(21)24(25-2)27-23)22(31)9-6-17-4-7-19(32-3)8-5-17/h4-5,7-8,18H,6,9-15H2,1-3H3,(H,25,26,27)/t18-/m0/s1. The van der Waals surface area contributed by atoms with E-state index in [1.165, 1.54) is 0 Å². The monoisotopic (exact) mass is 437 g/mol. The van der Waals surface area contributed by atoms with E-state index in [-0.39, 0.29) is 17.7 Å². The maximum absolute atomic E-state index is 12.9. The fraction of sp³-hybridized carbons (Fsp3) is 0.500. The molecule has 1 atom stereocenters. The second-order valence-electron chi connectivity index (χ2n) is 8.47. The zero-order chi connectivity index (χ0) is 22.7. The summed E-state index contributed by atoms with van der Waals surface area (Å²) < 4.78 is 5.19. The molecule has 1 N–H and O–H groups in total. The van der Waals surface area contributed by atoms with Crippen LogP contribution in [-0.4, -0.2) is 65.4 Å². The summed E-state index contributed by atoms with van der Waals surface area (Å²) in [6.45, 7) is 4.23. The van der Waals surface area contributed by atoms with Crippen molar-refractivity contribution in [2.24, 2.45) is 0 Å². The van der Waals surface area contributed by atoms with E-state index in [0.29, 0.717) is 32.5 Å². The van der Waals surface area contributed by atoms with E-state index in [4.69, 9.17) is 14.7 Å². The highest BCUT2D eigenvalue weighted by molar-refractivity contribution is 5.77. The van der Waals surface area contributed by atoms with Gasteiger partial charge in [-0.2, -0.15) is 0 Å². The summed E-state index contributed by atoms with van der Waals surface area (Å²) in [6.07, 6.45) is 2.78. The van der Waals surface area contributed by atoms with Gasteiger partial charge in [-0.25, -0.2) is 9.97 Å². The molecule has 1 aromatic heterocycles. The van der Waals surface area contributed by atoms with Gasteiger partial charge < -0.3 is 19.9 Å². The number of anilines is 1. The number of benzene rings is 1. The number of carbonyl (C=O) groups is 2. The van der Waals surface area contributed by atoms with Crippen LogP contribution in [0.25, 0.3) is 0 Å². The van der Waals surface area contributed by atoms with Gasteiger partial charge in [-0.05, 0) is 30.5 Å². The molecule has 0 radical (unpaired) electrons. The van der Waals surface area contributed by atoms with E-state index in [9.17, 15) is 9.59 Å². The Morgan fingerprint density at radius 3 is 2.59 bits per heavy atom. The Bertz CT molecular complexity index is 975. The molecule has 2 amide bonds. The van der Waals surface area contributed by atoms with Crippen molar-refractivity contribution >= 4 is 17.6 Å². The van der Waals surface area contributed by atoms with Crippen LogP contribution >= 0.6 is 0 Å². The highest BCUT2D eigenvalue weighted by Gasteiger charge is 2.31. The average molecular weight is 438 g/mol. The Balaban J connectivity index is 1.42. The molecule has 0 bridgehead atoms. The van der Waals surface area contributed by atoms with Gasteiger partial charge in [0.15, 0.2) is 0 Å². The minimum absolute atomic E-state index is 0.100. The van der Waals surface area contributed by atoms with Gasteiger partial charge in [0.2, 0.25) is 11.8 Å². The predicted octanol–water partition coefficient (Wildman–Crippen LogP) is 2.38. The topological polar surface area (TPSA) is 87.7 Å². The maximum Gasteiger partial charge on any atom is 0.223 e. The maximum atomic E-state index is 12.9. The highest BCUT2D eigenvalue weighted by Crippen LogP contribution is 2.30. The average Bonchev–Trinajstić information content (AvgIpc) is 3.32. The zero-order valence-electron chi connectivity index (χ0n) is 19.1. The zero-order valence-corrected chi connectivity index (χ0v) is 19.1. The molecule has 4 rings (SSSR count). The fourth-order valence-corrected chi connectivity index (χ4v) is 4.49. The Kier molecular flexibility index (Phi) is 6.58. The molecule has 1 saturated heterocycles. The van der Waals surface area contributed by atoms with Crippen LogP contribution in [0.5, 0.6) is 5.75 Å². The van der Waals surface area contributed by atoms with Gasteiger partial charge in [0.05, 0.1) is 19.3 Å². The molecule has 0 unspecified atom stereocenters. The smallest absolute Gasteiger partial charge is 0.223 e. The van der Waals surface area contributed by atoms with Crippen molar-refractivity contribution in [2.45, 2.75) is 45.1 Å². The largest absolute Gasteiger partial charge is 0.497 e. The molecule has 0 spiro atoms. The molecular weight excluding hydrogens is 406 g/mol. The SMILES string of the molecule is CNc1nc([C@H]2CCN(C(C)=O)C2)nc2c1CN(C(=O)CCc1ccc(OC)cc1)CC2. The van der Waals surface area contributed by atoms with Crippen molar-refractivity contribution in [1.82, 2.24) is 19.8 Å². The summed E-state index contributed by atoms with van der Waals surface area (Å²) >= 11 is 0. The molecule has 2 aliphatic heterocycles. The molecule has 170 valence electrons. The number of aromatic nitrogens is 2. The van der Waals surface area contributed by atoms with Crippen LogP contribution in [0.15, 0.2) is 24.3 Å². The number of ether oxygens (including phenoxy) is 1. The molecule has 0 aliphatic carbocycles.